The fraction of sp³-hybridized carbons (Fsp3) is 0.750. The molecule has 2 aliphatic heterocycles. The van der Waals surface area contributed by atoms with Crippen LogP contribution in [-0.2, 0) is 14.4 Å². The molecule has 9 heteroatoms. The molecule has 2 atom stereocenters. The van der Waals surface area contributed by atoms with E-state index in [2.05, 4.69) is 0 Å². The summed E-state index contributed by atoms with van der Waals surface area (Å²) in [5.74, 6) is -0.752. The van der Waals surface area contributed by atoms with Crippen LogP contribution in [0.4, 0.5) is 0 Å². The Hall–Kier alpha value is -0.930. The van der Waals surface area contributed by atoms with Gasteiger partial charge in [0.1, 0.15) is 6.04 Å². The number of nitrogens with one attached hydrogen (secondary N) is 1. The number of carboxylic acids is 1. The number of carbonyl (C=O) groups is 3. The van der Waals surface area contributed by atoms with E-state index in [-0.39, 0.29) is 16.4 Å². The first kappa shape index (κ1) is 16.4. The monoisotopic (exact) mass is 334 g/mol. The highest BCUT2D eigenvalue weighted by molar-refractivity contribution is 8.21. The molecule has 0 saturated carbocycles. The number of amides is 2. The average molecular weight is 334 g/mol. The Labute approximate surface area is 130 Å². The first-order chi connectivity index (χ1) is 9.88. The lowest BCUT2D eigenvalue weighted by atomic mass is 10.1. The molecule has 1 unspecified atom stereocenters. The molecule has 118 valence electrons. The Morgan fingerprint density at radius 1 is 1.38 bits per heavy atom. The number of thioether (sulfide) groups is 2. The first-order valence-corrected chi connectivity index (χ1v) is 8.60. The summed E-state index contributed by atoms with van der Waals surface area (Å²) in [5.41, 5.74) is 1.49. The summed E-state index contributed by atoms with van der Waals surface area (Å²) in [7, 11) is 0. The van der Waals surface area contributed by atoms with E-state index in [1.165, 1.54) is 10.4 Å². The topological polar surface area (TPSA) is 107 Å². The van der Waals surface area contributed by atoms with E-state index < -0.39 is 23.8 Å². The molecule has 0 aromatic rings. The van der Waals surface area contributed by atoms with Crippen molar-refractivity contribution in [3.05, 3.63) is 0 Å². The van der Waals surface area contributed by atoms with Gasteiger partial charge < -0.3 is 10.0 Å². The zero-order valence-electron chi connectivity index (χ0n) is 11.6. The molecule has 2 saturated heterocycles. The molecule has 0 radical (unpaired) electrons. The summed E-state index contributed by atoms with van der Waals surface area (Å²) < 4.78 is -0.225. The molecular formula is C12H18N2O5S2. The van der Waals surface area contributed by atoms with Gasteiger partial charge >= 0.3 is 5.97 Å². The van der Waals surface area contributed by atoms with Crippen LogP contribution >= 0.6 is 23.5 Å². The second-order valence-electron chi connectivity index (χ2n) is 5.27. The van der Waals surface area contributed by atoms with Gasteiger partial charge in [-0.2, -0.15) is 0 Å². The number of aliphatic carboxylic acids is 1. The SMILES string of the molecule is CC(CC(=O)NO)C(=O)N1CC2(C[C@H]1C(=O)O)SCCS2. The molecule has 2 aliphatic rings. The maximum absolute atomic E-state index is 12.4. The third-order valence-electron chi connectivity index (χ3n) is 3.71. The van der Waals surface area contributed by atoms with Crippen LogP contribution < -0.4 is 5.48 Å². The summed E-state index contributed by atoms with van der Waals surface area (Å²) in [5, 5.41) is 17.9. The van der Waals surface area contributed by atoms with Crippen LogP contribution in [0.15, 0.2) is 0 Å². The minimum absolute atomic E-state index is 0.161. The van der Waals surface area contributed by atoms with E-state index in [1.54, 1.807) is 30.4 Å². The van der Waals surface area contributed by atoms with Gasteiger partial charge in [0.25, 0.3) is 0 Å². The molecule has 2 fully saturated rings. The summed E-state index contributed by atoms with van der Waals surface area (Å²) in [6, 6.07) is -0.838. The van der Waals surface area contributed by atoms with Crippen molar-refractivity contribution in [2.75, 3.05) is 18.1 Å². The second kappa shape index (κ2) is 6.45. The van der Waals surface area contributed by atoms with Crippen LogP contribution in [0.1, 0.15) is 19.8 Å². The first-order valence-electron chi connectivity index (χ1n) is 6.63. The minimum Gasteiger partial charge on any atom is -0.480 e. The lowest BCUT2D eigenvalue weighted by Gasteiger charge is -2.25. The van der Waals surface area contributed by atoms with Crippen LogP contribution in [0.3, 0.4) is 0 Å². The highest BCUT2D eigenvalue weighted by Crippen LogP contribution is 2.52. The number of hydroxylamine groups is 1. The van der Waals surface area contributed by atoms with Gasteiger partial charge in [0.15, 0.2) is 0 Å². The van der Waals surface area contributed by atoms with E-state index in [1.807, 2.05) is 0 Å². The molecule has 2 rings (SSSR count). The lowest BCUT2D eigenvalue weighted by Crippen LogP contribution is -2.44. The predicted molar refractivity (Wildman–Crippen MR) is 79.1 cm³/mol. The Morgan fingerprint density at radius 3 is 2.52 bits per heavy atom. The highest BCUT2D eigenvalue weighted by atomic mass is 32.2. The third-order valence-corrected chi connectivity index (χ3v) is 7.14. The van der Waals surface area contributed by atoms with E-state index in [4.69, 9.17) is 5.21 Å². The summed E-state index contributed by atoms with van der Waals surface area (Å²) in [6.07, 6.45) is 0.272. The lowest BCUT2D eigenvalue weighted by molar-refractivity contribution is -0.150. The smallest absolute Gasteiger partial charge is 0.326 e. The van der Waals surface area contributed by atoms with E-state index in [0.717, 1.165) is 11.5 Å². The molecule has 21 heavy (non-hydrogen) atoms. The van der Waals surface area contributed by atoms with Crippen LogP contribution in [0.25, 0.3) is 0 Å². The van der Waals surface area contributed by atoms with Gasteiger partial charge in [-0.05, 0) is 0 Å². The zero-order valence-corrected chi connectivity index (χ0v) is 13.2. The standard InChI is InChI=1S/C12H18N2O5S2/c1-7(4-9(15)13-19)10(16)14-6-12(20-2-3-21-12)5-8(14)11(17)18/h7-8,19H,2-6H2,1H3,(H,13,15)(H,17,18)/t7?,8-/m0/s1. The summed E-state index contributed by atoms with van der Waals surface area (Å²) in [4.78, 5) is 36.4. The molecule has 0 bridgehead atoms. The van der Waals surface area contributed by atoms with E-state index in [9.17, 15) is 19.5 Å². The van der Waals surface area contributed by atoms with Gasteiger partial charge in [0.2, 0.25) is 11.8 Å². The van der Waals surface area contributed by atoms with Gasteiger partial charge in [-0.15, -0.1) is 23.5 Å². The Morgan fingerprint density at radius 2 is 2.00 bits per heavy atom. The fourth-order valence-corrected chi connectivity index (χ4v) is 5.95. The van der Waals surface area contributed by atoms with Crippen molar-refractivity contribution < 1.29 is 24.7 Å². The molecule has 2 heterocycles. The number of hydrogen-bond acceptors (Lipinski definition) is 6. The second-order valence-corrected chi connectivity index (χ2v) is 8.49. The molecule has 1 spiro atoms. The third kappa shape index (κ3) is 3.46. The van der Waals surface area contributed by atoms with Gasteiger partial charge in [0.05, 0.1) is 4.08 Å². The Kier molecular flexibility index (Phi) is 5.05. The van der Waals surface area contributed by atoms with Crippen LogP contribution in [0.2, 0.25) is 0 Å². The van der Waals surface area contributed by atoms with Crippen molar-refractivity contribution in [3.63, 3.8) is 0 Å². The molecule has 2 amide bonds. The van der Waals surface area contributed by atoms with Crippen molar-refractivity contribution in [1.29, 1.82) is 0 Å². The van der Waals surface area contributed by atoms with Gasteiger partial charge in [0, 0.05) is 36.8 Å². The average Bonchev–Trinajstić information content (AvgIpc) is 3.05. The van der Waals surface area contributed by atoms with Gasteiger partial charge in [-0.1, -0.05) is 6.92 Å². The van der Waals surface area contributed by atoms with Crippen LogP contribution in [-0.4, -0.2) is 61.2 Å². The van der Waals surface area contributed by atoms with Crippen LogP contribution in [0.5, 0.6) is 0 Å². The normalized spacial score (nSPS) is 25.0. The van der Waals surface area contributed by atoms with Gasteiger partial charge in [-0.25, -0.2) is 10.3 Å². The van der Waals surface area contributed by atoms with Crippen molar-refractivity contribution in [3.8, 4) is 0 Å². The van der Waals surface area contributed by atoms with Gasteiger partial charge in [-0.3, -0.25) is 14.8 Å². The Bertz CT molecular complexity index is 453. The summed E-state index contributed by atoms with van der Waals surface area (Å²) in [6.45, 7) is 1.96. The molecule has 0 aromatic heterocycles. The van der Waals surface area contributed by atoms with Crippen molar-refractivity contribution in [1.82, 2.24) is 10.4 Å². The van der Waals surface area contributed by atoms with Crippen molar-refractivity contribution in [2.45, 2.75) is 29.9 Å². The number of rotatable bonds is 4. The maximum Gasteiger partial charge on any atom is 0.326 e. The minimum atomic E-state index is -1.01. The predicted octanol–water partition coefficient (Wildman–Crippen LogP) is 0.380. The Balaban J connectivity index is 2.10. The fourth-order valence-electron chi connectivity index (χ4n) is 2.69. The zero-order chi connectivity index (χ0) is 15.6. The molecule has 3 N–H and O–H groups in total. The van der Waals surface area contributed by atoms with Crippen molar-refractivity contribution in [2.24, 2.45) is 5.92 Å². The number of nitrogens with zero attached hydrogens (tertiary/aromatic N) is 1. The number of carboxylic acid groups (broad SMARTS) is 1. The number of hydrogen-bond donors (Lipinski definition) is 3. The van der Waals surface area contributed by atoms with Crippen molar-refractivity contribution >= 4 is 41.3 Å². The quantitative estimate of drug-likeness (QED) is 0.504. The maximum atomic E-state index is 12.4. The van der Waals surface area contributed by atoms with Crippen LogP contribution in [0, 0.1) is 5.92 Å². The molecular weight excluding hydrogens is 316 g/mol. The van der Waals surface area contributed by atoms with E-state index >= 15 is 0 Å². The number of carbonyl (C=O) groups excluding carboxylic acids is 2. The number of likely N-dealkylation sites (tertiary alicyclic amines) is 1. The molecule has 0 aromatic carbocycles. The largest absolute Gasteiger partial charge is 0.480 e. The molecule has 7 nitrogen and oxygen atoms in total. The van der Waals surface area contributed by atoms with E-state index in [0.29, 0.717) is 13.0 Å². The highest BCUT2D eigenvalue weighted by Gasteiger charge is 2.51. The molecule has 0 aliphatic carbocycles. The summed E-state index contributed by atoms with van der Waals surface area (Å²) >= 11 is 3.42.